The molecular formula is C15H17NO9. The highest BCUT2D eigenvalue weighted by molar-refractivity contribution is 6.05. The fourth-order valence-electron chi connectivity index (χ4n) is 3.17. The lowest BCUT2D eigenvalue weighted by Gasteiger charge is -2.24. The van der Waals surface area contributed by atoms with Crippen LogP contribution in [-0.4, -0.2) is 61.2 Å². The quantitative estimate of drug-likeness (QED) is 0.453. The topological polar surface area (TPSA) is 170 Å². The Morgan fingerprint density at radius 3 is 1.64 bits per heavy atom. The zero-order valence-electron chi connectivity index (χ0n) is 13.4. The van der Waals surface area contributed by atoms with Gasteiger partial charge in [-0.3, -0.25) is 24.0 Å². The third-order valence-electron chi connectivity index (χ3n) is 4.42. The van der Waals surface area contributed by atoms with Gasteiger partial charge in [-0.2, -0.15) is 0 Å². The molecular weight excluding hydrogens is 338 g/mol. The summed E-state index contributed by atoms with van der Waals surface area (Å²) in [7, 11) is 0. The van der Waals surface area contributed by atoms with Gasteiger partial charge in [-0.05, 0) is 32.3 Å². The summed E-state index contributed by atoms with van der Waals surface area (Å²) in [4.78, 5) is 59.7. The van der Waals surface area contributed by atoms with Crippen molar-refractivity contribution in [2.75, 3.05) is 0 Å². The van der Waals surface area contributed by atoms with Crippen LogP contribution in [0.3, 0.4) is 0 Å². The molecule has 0 saturated heterocycles. The summed E-state index contributed by atoms with van der Waals surface area (Å²) < 4.78 is 0. The van der Waals surface area contributed by atoms with Crippen LogP contribution in [0.25, 0.3) is 0 Å². The molecule has 0 unspecified atom stereocenters. The third-order valence-corrected chi connectivity index (χ3v) is 4.42. The molecule has 1 heterocycles. The molecule has 2 aliphatic rings. The number of hydrogen-bond donors (Lipinski definition) is 4. The van der Waals surface area contributed by atoms with Crippen LogP contribution >= 0.6 is 0 Å². The van der Waals surface area contributed by atoms with Crippen molar-refractivity contribution < 1.29 is 44.4 Å². The Labute approximate surface area is 141 Å². The Balaban J connectivity index is 2.83. The van der Waals surface area contributed by atoms with Gasteiger partial charge in [0.05, 0.1) is 5.41 Å². The van der Waals surface area contributed by atoms with E-state index in [0.29, 0.717) is 12.8 Å². The summed E-state index contributed by atoms with van der Waals surface area (Å²) in [5.74, 6) is -12.3. The number of carboxylic acid groups (broad SMARTS) is 4. The van der Waals surface area contributed by atoms with Gasteiger partial charge in [0.25, 0.3) is 0 Å². The molecule has 0 atom stereocenters. The van der Waals surface area contributed by atoms with E-state index in [9.17, 15) is 44.4 Å². The first-order valence-electron chi connectivity index (χ1n) is 7.42. The molecule has 1 aliphatic carbocycles. The van der Waals surface area contributed by atoms with Gasteiger partial charge in [-0.25, -0.2) is 0 Å². The van der Waals surface area contributed by atoms with E-state index in [-0.39, 0.29) is 0 Å². The molecule has 136 valence electrons. The van der Waals surface area contributed by atoms with E-state index in [1.807, 2.05) is 0 Å². The van der Waals surface area contributed by atoms with E-state index in [1.165, 1.54) is 13.8 Å². The monoisotopic (exact) mass is 355 g/mol. The smallest absolute Gasteiger partial charge is 0.324 e. The highest BCUT2D eigenvalue weighted by Crippen LogP contribution is 2.50. The minimum Gasteiger partial charge on any atom is -0.480 e. The van der Waals surface area contributed by atoms with Gasteiger partial charge in [-0.15, -0.1) is 0 Å². The number of aliphatic carboxylic acids is 4. The maximum atomic E-state index is 12.7. The maximum Gasteiger partial charge on any atom is 0.324 e. The first-order valence-corrected chi connectivity index (χ1v) is 7.42. The molecule has 0 aromatic rings. The van der Waals surface area contributed by atoms with E-state index in [4.69, 9.17) is 0 Å². The summed E-state index contributed by atoms with van der Waals surface area (Å²) in [6.07, 6.45) is 0.991. The second kappa shape index (κ2) is 5.87. The zero-order valence-corrected chi connectivity index (χ0v) is 13.4. The van der Waals surface area contributed by atoms with Gasteiger partial charge < -0.3 is 25.3 Å². The van der Waals surface area contributed by atoms with E-state index in [0.717, 1.165) is 4.90 Å². The Bertz CT molecular complexity index is 689. The SMILES string of the molecule is CC1(C)C(=O)N(C2CC2)C(C(C(=O)O)C(=O)O)=C1C(C(=O)O)C(=O)O. The number of carboxylic acids is 4. The maximum absolute atomic E-state index is 12.7. The standard InChI is InChI=1S/C15H17NO9/c1-15(2)8(6(10(17)18)11(19)20)9(7(12(21)22)13(23)24)16(14(15)25)5-3-4-5/h5-7H,3-4H2,1-2H3,(H,17,18)(H,19,20)(H,21,22)(H,23,24). The van der Waals surface area contributed by atoms with Crippen molar-refractivity contribution in [3.63, 3.8) is 0 Å². The predicted octanol–water partition coefficient (Wildman–Crippen LogP) is -0.158. The number of hydrogen-bond acceptors (Lipinski definition) is 5. The normalized spacial score (nSPS) is 19.7. The first-order chi connectivity index (χ1) is 11.4. The van der Waals surface area contributed by atoms with Gasteiger partial charge in [0.2, 0.25) is 5.91 Å². The van der Waals surface area contributed by atoms with E-state index >= 15 is 0 Å². The lowest BCUT2D eigenvalue weighted by Crippen LogP contribution is -2.39. The Kier molecular flexibility index (Phi) is 4.32. The summed E-state index contributed by atoms with van der Waals surface area (Å²) in [6.45, 7) is 2.54. The molecule has 10 nitrogen and oxygen atoms in total. The van der Waals surface area contributed by atoms with Crippen molar-refractivity contribution in [3.8, 4) is 0 Å². The molecule has 0 aromatic heterocycles. The largest absolute Gasteiger partial charge is 0.480 e. The van der Waals surface area contributed by atoms with Crippen molar-refractivity contribution >= 4 is 29.8 Å². The fourth-order valence-corrected chi connectivity index (χ4v) is 3.17. The van der Waals surface area contributed by atoms with Gasteiger partial charge in [0.1, 0.15) is 0 Å². The molecule has 0 bridgehead atoms. The van der Waals surface area contributed by atoms with Crippen LogP contribution in [0.2, 0.25) is 0 Å². The van der Waals surface area contributed by atoms with Crippen molar-refractivity contribution in [3.05, 3.63) is 11.3 Å². The van der Waals surface area contributed by atoms with Gasteiger partial charge in [0.15, 0.2) is 11.8 Å². The molecule has 1 saturated carbocycles. The minimum atomic E-state index is -2.23. The van der Waals surface area contributed by atoms with Gasteiger partial charge >= 0.3 is 23.9 Å². The summed E-state index contributed by atoms with van der Waals surface area (Å²) >= 11 is 0. The van der Waals surface area contributed by atoms with Crippen molar-refractivity contribution in [1.82, 2.24) is 4.90 Å². The van der Waals surface area contributed by atoms with Crippen molar-refractivity contribution in [2.24, 2.45) is 17.3 Å². The molecule has 1 amide bonds. The Morgan fingerprint density at radius 2 is 1.32 bits per heavy atom. The van der Waals surface area contributed by atoms with Crippen molar-refractivity contribution in [1.29, 1.82) is 0 Å². The van der Waals surface area contributed by atoms with E-state index in [2.05, 4.69) is 0 Å². The molecule has 4 N–H and O–H groups in total. The third kappa shape index (κ3) is 2.83. The summed E-state index contributed by atoms with van der Waals surface area (Å²) in [6, 6.07) is -0.455. The number of nitrogens with zero attached hydrogens (tertiary/aromatic N) is 1. The average Bonchev–Trinajstić information content (AvgIpc) is 3.23. The Hall–Kier alpha value is -2.91. The highest BCUT2D eigenvalue weighted by Gasteiger charge is 2.58. The van der Waals surface area contributed by atoms with E-state index in [1.54, 1.807) is 0 Å². The number of carbonyl (C=O) groups is 5. The second-order valence-electron chi connectivity index (χ2n) is 6.55. The highest BCUT2D eigenvalue weighted by atomic mass is 16.4. The average molecular weight is 355 g/mol. The van der Waals surface area contributed by atoms with Crippen LogP contribution in [0.1, 0.15) is 26.7 Å². The van der Waals surface area contributed by atoms with Gasteiger partial charge in [0, 0.05) is 11.7 Å². The Morgan fingerprint density at radius 1 is 0.920 bits per heavy atom. The molecule has 2 rings (SSSR count). The van der Waals surface area contributed by atoms with Crippen LogP contribution in [0.5, 0.6) is 0 Å². The lowest BCUT2D eigenvalue weighted by atomic mass is 9.76. The number of carbonyl (C=O) groups excluding carboxylic acids is 1. The molecule has 1 aliphatic heterocycles. The predicted molar refractivity (Wildman–Crippen MR) is 78.2 cm³/mol. The fraction of sp³-hybridized carbons (Fsp3) is 0.533. The van der Waals surface area contributed by atoms with Crippen LogP contribution in [0, 0.1) is 17.3 Å². The first kappa shape index (κ1) is 18.4. The summed E-state index contributed by atoms with van der Waals surface area (Å²) in [5.41, 5.74) is -2.70. The van der Waals surface area contributed by atoms with Gasteiger partial charge in [-0.1, -0.05) is 0 Å². The molecule has 10 heteroatoms. The van der Waals surface area contributed by atoms with Crippen LogP contribution in [0.4, 0.5) is 0 Å². The lowest BCUT2D eigenvalue weighted by molar-refractivity contribution is -0.156. The second-order valence-corrected chi connectivity index (χ2v) is 6.55. The number of amides is 1. The van der Waals surface area contributed by atoms with Crippen LogP contribution in [0.15, 0.2) is 11.3 Å². The molecule has 1 fully saturated rings. The molecule has 0 aromatic carbocycles. The molecule has 0 radical (unpaired) electrons. The molecule has 25 heavy (non-hydrogen) atoms. The minimum absolute atomic E-state index is 0.455. The van der Waals surface area contributed by atoms with Crippen LogP contribution < -0.4 is 0 Å². The van der Waals surface area contributed by atoms with E-state index < -0.39 is 64.3 Å². The van der Waals surface area contributed by atoms with Crippen LogP contribution in [-0.2, 0) is 24.0 Å². The number of rotatable bonds is 7. The summed E-state index contributed by atoms with van der Waals surface area (Å²) in [5, 5.41) is 37.2. The zero-order chi connectivity index (χ0) is 19.3. The van der Waals surface area contributed by atoms with Crippen molar-refractivity contribution in [2.45, 2.75) is 32.7 Å². The molecule has 0 spiro atoms.